The molecular weight excluding hydrogens is 334 g/mol. The van der Waals surface area contributed by atoms with Gasteiger partial charge in [-0.05, 0) is 37.6 Å². The van der Waals surface area contributed by atoms with Crippen molar-refractivity contribution >= 4 is 46.3 Å². The number of carbonyl (C=O) groups is 2. The van der Waals surface area contributed by atoms with Crippen LogP contribution in [0, 0.1) is 0 Å². The van der Waals surface area contributed by atoms with Crippen molar-refractivity contribution in [1.82, 2.24) is 4.90 Å². The summed E-state index contributed by atoms with van der Waals surface area (Å²) in [5.41, 5.74) is 0.857. The highest BCUT2D eigenvalue weighted by atomic mass is 32.2. The molecule has 0 saturated carbocycles. The van der Waals surface area contributed by atoms with Gasteiger partial charge in [0.15, 0.2) is 0 Å². The van der Waals surface area contributed by atoms with Crippen LogP contribution in [0.3, 0.4) is 0 Å². The molecule has 0 bridgehead atoms. The summed E-state index contributed by atoms with van der Waals surface area (Å²) in [5.74, 6) is -0.00324. The lowest BCUT2D eigenvalue weighted by molar-refractivity contribution is -0.149. The first-order valence-corrected chi connectivity index (χ1v) is 8.28. The maximum atomic E-state index is 12.5. The highest BCUT2D eigenvalue weighted by Gasteiger charge is 2.38. The summed E-state index contributed by atoms with van der Waals surface area (Å²) in [7, 11) is 1.59. The Balaban J connectivity index is 2.19. The van der Waals surface area contributed by atoms with Gasteiger partial charge in [0, 0.05) is 0 Å². The molecule has 0 aromatic heterocycles. The number of rotatable bonds is 5. The van der Waals surface area contributed by atoms with Crippen LogP contribution in [0.1, 0.15) is 19.4 Å². The first kappa shape index (κ1) is 17.5. The van der Waals surface area contributed by atoms with Crippen LogP contribution >= 0.6 is 24.0 Å². The van der Waals surface area contributed by atoms with Crippen LogP contribution < -0.4 is 4.74 Å². The van der Waals surface area contributed by atoms with E-state index in [1.165, 1.54) is 16.7 Å². The maximum Gasteiger partial charge on any atom is 0.329 e. The van der Waals surface area contributed by atoms with Crippen LogP contribution in [-0.4, -0.2) is 40.9 Å². The summed E-state index contributed by atoms with van der Waals surface area (Å²) >= 11 is 6.41. The highest BCUT2D eigenvalue weighted by Crippen LogP contribution is 2.34. The van der Waals surface area contributed by atoms with Crippen molar-refractivity contribution in [3.05, 3.63) is 34.7 Å². The van der Waals surface area contributed by atoms with E-state index in [1.807, 2.05) is 24.3 Å². The largest absolute Gasteiger partial charge is 0.497 e. The van der Waals surface area contributed by atoms with Gasteiger partial charge in [0.2, 0.25) is 0 Å². The molecule has 7 heteroatoms. The van der Waals surface area contributed by atoms with Crippen molar-refractivity contribution in [3.63, 3.8) is 0 Å². The summed E-state index contributed by atoms with van der Waals surface area (Å²) in [6, 6.07) is 6.59. The monoisotopic (exact) mass is 351 g/mol. The number of thiocarbonyl (C=S) groups is 1. The van der Waals surface area contributed by atoms with Crippen LogP contribution in [0.25, 0.3) is 6.08 Å². The lowest BCUT2D eigenvalue weighted by Gasteiger charge is -2.21. The molecule has 1 aliphatic rings. The van der Waals surface area contributed by atoms with Gasteiger partial charge in [0.05, 0.1) is 18.6 Å². The van der Waals surface area contributed by atoms with Gasteiger partial charge in [0.1, 0.15) is 16.1 Å². The van der Waals surface area contributed by atoms with E-state index in [2.05, 4.69) is 0 Å². The molecule has 122 valence electrons. The number of thioether (sulfide) groups is 1. The van der Waals surface area contributed by atoms with E-state index < -0.39 is 12.0 Å². The van der Waals surface area contributed by atoms with E-state index in [1.54, 1.807) is 27.0 Å². The number of ether oxygens (including phenoxy) is 2. The minimum Gasteiger partial charge on any atom is -0.497 e. The first-order chi connectivity index (χ1) is 11.0. The number of methoxy groups -OCH3 is 1. The Bertz CT molecular complexity index is 655. The standard InChI is InChI=1S/C16H17NO4S2/c1-4-21-15(19)10(2)17-14(18)13(23-16(17)22)9-11-5-7-12(20-3)8-6-11/h5-10H,4H2,1-3H3/b13-9-. The maximum absolute atomic E-state index is 12.5. The molecule has 1 amide bonds. The van der Waals surface area contributed by atoms with Gasteiger partial charge in [-0.3, -0.25) is 9.69 Å². The average Bonchev–Trinajstić information content (AvgIpc) is 2.81. The summed E-state index contributed by atoms with van der Waals surface area (Å²) in [6.07, 6.45) is 1.75. The second-order valence-corrected chi connectivity index (χ2v) is 6.43. The fourth-order valence-corrected chi connectivity index (χ4v) is 3.45. The summed E-state index contributed by atoms with van der Waals surface area (Å²) < 4.78 is 10.4. The number of amides is 1. The predicted molar refractivity (Wildman–Crippen MR) is 94.1 cm³/mol. The Kier molecular flexibility index (Phi) is 5.79. The number of benzene rings is 1. The molecule has 1 aromatic carbocycles. The van der Waals surface area contributed by atoms with E-state index in [9.17, 15) is 9.59 Å². The third kappa shape index (κ3) is 3.92. The molecule has 1 aliphatic heterocycles. The Morgan fingerprint density at radius 3 is 2.61 bits per heavy atom. The van der Waals surface area contributed by atoms with E-state index >= 15 is 0 Å². The Labute approximate surface area is 144 Å². The van der Waals surface area contributed by atoms with Gasteiger partial charge < -0.3 is 9.47 Å². The molecule has 1 fully saturated rings. The SMILES string of the molecule is CCOC(=O)C(C)N1C(=O)/C(=C/c2ccc(OC)cc2)SC1=S. The number of nitrogens with zero attached hydrogens (tertiary/aromatic N) is 1. The van der Waals surface area contributed by atoms with E-state index in [0.29, 0.717) is 9.23 Å². The molecule has 0 radical (unpaired) electrons. The van der Waals surface area contributed by atoms with Crippen molar-refractivity contribution < 1.29 is 19.1 Å². The third-order valence-electron chi connectivity index (χ3n) is 3.25. The molecule has 2 rings (SSSR count). The van der Waals surface area contributed by atoms with Crippen molar-refractivity contribution in [1.29, 1.82) is 0 Å². The Morgan fingerprint density at radius 1 is 1.39 bits per heavy atom. The molecular formula is C16H17NO4S2. The number of esters is 1. The van der Waals surface area contributed by atoms with Gasteiger partial charge in [0.25, 0.3) is 5.91 Å². The zero-order valence-corrected chi connectivity index (χ0v) is 14.7. The minimum absolute atomic E-state index is 0.264. The molecule has 23 heavy (non-hydrogen) atoms. The second kappa shape index (κ2) is 7.61. The van der Waals surface area contributed by atoms with Crippen LogP contribution in [0.15, 0.2) is 29.2 Å². The van der Waals surface area contributed by atoms with Gasteiger partial charge >= 0.3 is 5.97 Å². The summed E-state index contributed by atoms with van der Waals surface area (Å²) in [5, 5.41) is 0. The highest BCUT2D eigenvalue weighted by molar-refractivity contribution is 8.26. The molecule has 0 aliphatic carbocycles. The number of hydrogen-bond acceptors (Lipinski definition) is 6. The molecule has 1 saturated heterocycles. The van der Waals surface area contributed by atoms with E-state index in [-0.39, 0.29) is 12.5 Å². The molecule has 5 nitrogen and oxygen atoms in total. The number of carbonyl (C=O) groups excluding carboxylic acids is 2. The zero-order chi connectivity index (χ0) is 17.0. The summed E-state index contributed by atoms with van der Waals surface area (Å²) in [4.78, 5) is 26.1. The lowest BCUT2D eigenvalue weighted by Crippen LogP contribution is -2.42. The predicted octanol–water partition coefficient (Wildman–Crippen LogP) is 2.85. The zero-order valence-electron chi connectivity index (χ0n) is 13.1. The average molecular weight is 351 g/mol. The van der Waals surface area contributed by atoms with Crippen LogP contribution in [0.2, 0.25) is 0 Å². The topological polar surface area (TPSA) is 55.8 Å². The number of hydrogen-bond donors (Lipinski definition) is 0. The molecule has 1 heterocycles. The van der Waals surface area contributed by atoms with Gasteiger partial charge in [-0.15, -0.1) is 0 Å². The van der Waals surface area contributed by atoms with E-state index in [0.717, 1.165) is 11.3 Å². The quantitative estimate of drug-likeness (QED) is 0.462. The van der Waals surface area contributed by atoms with Gasteiger partial charge in [-0.1, -0.05) is 36.1 Å². The smallest absolute Gasteiger partial charge is 0.329 e. The van der Waals surface area contributed by atoms with E-state index in [4.69, 9.17) is 21.7 Å². The molecule has 1 atom stereocenters. The van der Waals surface area contributed by atoms with Crippen molar-refractivity contribution in [2.75, 3.05) is 13.7 Å². The Morgan fingerprint density at radius 2 is 2.04 bits per heavy atom. The van der Waals surface area contributed by atoms with Crippen LogP contribution in [0.5, 0.6) is 5.75 Å². The first-order valence-electron chi connectivity index (χ1n) is 7.05. The van der Waals surface area contributed by atoms with Gasteiger partial charge in [-0.2, -0.15) is 0 Å². The minimum atomic E-state index is -0.732. The van der Waals surface area contributed by atoms with Crippen LogP contribution in [0.4, 0.5) is 0 Å². The second-order valence-electron chi connectivity index (χ2n) is 4.75. The third-order valence-corrected chi connectivity index (χ3v) is 4.58. The molecule has 1 aromatic rings. The van der Waals surface area contributed by atoms with Crippen molar-refractivity contribution in [3.8, 4) is 5.75 Å². The summed E-state index contributed by atoms with van der Waals surface area (Å²) in [6.45, 7) is 3.59. The fraction of sp³-hybridized carbons (Fsp3) is 0.312. The van der Waals surface area contributed by atoms with Crippen molar-refractivity contribution in [2.45, 2.75) is 19.9 Å². The van der Waals surface area contributed by atoms with Crippen LogP contribution in [-0.2, 0) is 14.3 Å². The fourth-order valence-electron chi connectivity index (χ4n) is 2.03. The molecule has 0 N–H and O–H groups in total. The molecule has 0 spiro atoms. The van der Waals surface area contributed by atoms with Crippen molar-refractivity contribution in [2.24, 2.45) is 0 Å². The molecule has 1 unspecified atom stereocenters. The normalized spacial score (nSPS) is 17.5. The van der Waals surface area contributed by atoms with Gasteiger partial charge in [-0.25, -0.2) is 4.79 Å². The Hall–Kier alpha value is -1.86. The lowest BCUT2D eigenvalue weighted by atomic mass is 10.2.